The molecule has 2 heterocycles. The monoisotopic (exact) mass is 416 g/mol. The van der Waals surface area contributed by atoms with E-state index in [1.54, 1.807) is 6.20 Å². The number of rotatable bonds is 7. The molecule has 1 aliphatic heterocycles. The number of carbonyl (C=O) groups excluding carboxylic acids is 1. The van der Waals surface area contributed by atoms with Gasteiger partial charge in [-0.2, -0.15) is 5.10 Å². The van der Waals surface area contributed by atoms with Crippen LogP contribution >= 0.6 is 0 Å². The molecule has 0 fully saturated rings. The maximum absolute atomic E-state index is 12.7. The van der Waals surface area contributed by atoms with E-state index in [1.807, 2.05) is 47.0 Å². The van der Waals surface area contributed by atoms with Gasteiger partial charge in [0.05, 0.1) is 5.69 Å². The molecule has 0 spiro atoms. The van der Waals surface area contributed by atoms with Crippen molar-refractivity contribution in [2.24, 2.45) is 4.99 Å². The topological polar surface area (TPSA) is 74.6 Å². The lowest BCUT2D eigenvalue weighted by Gasteiger charge is -2.17. The third kappa shape index (κ3) is 5.12. The number of guanidine groups is 1. The highest BCUT2D eigenvalue weighted by molar-refractivity contribution is 5.98. The summed E-state index contributed by atoms with van der Waals surface area (Å²) in [5, 5.41) is 10.8. The van der Waals surface area contributed by atoms with Crippen LogP contribution in [0.25, 0.3) is 5.69 Å². The summed E-state index contributed by atoms with van der Waals surface area (Å²) in [6.45, 7) is 4.34. The number of para-hydroxylation sites is 1. The van der Waals surface area contributed by atoms with Gasteiger partial charge in [0.1, 0.15) is 6.54 Å². The van der Waals surface area contributed by atoms with Crippen LogP contribution in [-0.4, -0.2) is 47.8 Å². The molecule has 31 heavy (non-hydrogen) atoms. The molecule has 1 amide bonds. The number of aromatic nitrogens is 2. The number of nitrogens with one attached hydrogen (secondary N) is 2. The quantitative estimate of drug-likeness (QED) is 0.459. The fourth-order valence-electron chi connectivity index (χ4n) is 3.73. The van der Waals surface area contributed by atoms with E-state index in [0.29, 0.717) is 5.96 Å². The molecule has 1 aromatic heterocycles. The number of aliphatic imine (C=N–C) groups is 1. The lowest BCUT2D eigenvalue weighted by atomic mass is 10.1. The molecular formula is C24H28N6O. The van der Waals surface area contributed by atoms with E-state index < -0.39 is 0 Å². The van der Waals surface area contributed by atoms with Crippen molar-refractivity contribution < 1.29 is 4.79 Å². The van der Waals surface area contributed by atoms with Gasteiger partial charge in [0.15, 0.2) is 5.96 Å². The number of carbonyl (C=O) groups is 1. The van der Waals surface area contributed by atoms with Crippen LogP contribution < -0.4 is 15.5 Å². The Morgan fingerprint density at radius 1 is 1.10 bits per heavy atom. The first-order chi connectivity index (χ1) is 15.2. The van der Waals surface area contributed by atoms with Crippen molar-refractivity contribution in [2.45, 2.75) is 19.8 Å². The van der Waals surface area contributed by atoms with Gasteiger partial charge in [-0.05, 0) is 55.2 Å². The SMILES string of the molecule is CCNC(=NCC(=O)N1CCc2ccccc21)NCCc1ccc(-n2cccn2)cc1. The summed E-state index contributed by atoms with van der Waals surface area (Å²) in [5.74, 6) is 0.688. The predicted octanol–water partition coefficient (Wildman–Crippen LogP) is 2.56. The van der Waals surface area contributed by atoms with Gasteiger partial charge < -0.3 is 15.5 Å². The van der Waals surface area contributed by atoms with Crippen LogP contribution in [0.4, 0.5) is 5.69 Å². The maximum Gasteiger partial charge on any atom is 0.248 e. The standard InChI is InChI=1S/C24H28N6O/c1-2-25-24(27-18-23(31)29-17-13-20-6-3-4-7-22(20)29)26-15-12-19-8-10-21(11-9-19)30-16-5-14-28-30/h3-11,14,16H,2,12-13,15,17-18H2,1H3,(H2,25,26,27). The molecule has 3 aromatic rings. The Hall–Kier alpha value is -3.61. The van der Waals surface area contributed by atoms with Gasteiger partial charge in [-0.15, -0.1) is 0 Å². The molecule has 2 aromatic carbocycles. The van der Waals surface area contributed by atoms with Crippen molar-refractivity contribution >= 4 is 17.6 Å². The van der Waals surface area contributed by atoms with E-state index in [9.17, 15) is 4.79 Å². The summed E-state index contributed by atoms with van der Waals surface area (Å²) in [6.07, 6.45) is 5.46. The van der Waals surface area contributed by atoms with Gasteiger partial charge in [-0.3, -0.25) is 4.79 Å². The van der Waals surface area contributed by atoms with E-state index in [1.165, 1.54) is 11.1 Å². The van der Waals surface area contributed by atoms with Crippen LogP contribution in [-0.2, 0) is 17.6 Å². The van der Waals surface area contributed by atoms with Crippen molar-refractivity contribution in [1.82, 2.24) is 20.4 Å². The highest BCUT2D eigenvalue weighted by Gasteiger charge is 2.23. The van der Waals surface area contributed by atoms with Crippen molar-refractivity contribution in [3.8, 4) is 5.69 Å². The average molecular weight is 417 g/mol. The van der Waals surface area contributed by atoms with E-state index in [-0.39, 0.29) is 12.5 Å². The van der Waals surface area contributed by atoms with Gasteiger partial charge >= 0.3 is 0 Å². The molecule has 0 aliphatic carbocycles. The van der Waals surface area contributed by atoms with Crippen LogP contribution in [0.3, 0.4) is 0 Å². The lowest BCUT2D eigenvalue weighted by Crippen LogP contribution is -2.39. The van der Waals surface area contributed by atoms with E-state index >= 15 is 0 Å². The fourth-order valence-corrected chi connectivity index (χ4v) is 3.73. The number of fused-ring (bicyclic) bond motifs is 1. The highest BCUT2D eigenvalue weighted by atomic mass is 16.2. The molecule has 0 bridgehead atoms. The molecular weight excluding hydrogens is 388 g/mol. The maximum atomic E-state index is 12.7. The molecule has 1 aliphatic rings. The minimum atomic E-state index is 0.0244. The summed E-state index contributed by atoms with van der Waals surface area (Å²) in [4.78, 5) is 19.0. The zero-order valence-electron chi connectivity index (χ0n) is 17.8. The second kappa shape index (κ2) is 9.93. The molecule has 0 saturated heterocycles. The predicted molar refractivity (Wildman–Crippen MR) is 124 cm³/mol. The summed E-state index contributed by atoms with van der Waals surface area (Å²) >= 11 is 0. The first-order valence-corrected chi connectivity index (χ1v) is 10.7. The Morgan fingerprint density at radius 2 is 1.94 bits per heavy atom. The van der Waals surface area contributed by atoms with Gasteiger partial charge in [0, 0.05) is 37.7 Å². The molecule has 7 heteroatoms. The van der Waals surface area contributed by atoms with E-state index in [0.717, 1.165) is 43.9 Å². The van der Waals surface area contributed by atoms with Crippen LogP contribution in [0.2, 0.25) is 0 Å². The summed E-state index contributed by atoms with van der Waals surface area (Å²) in [6, 6.07) is 18.3. The largest absolute Gasteiger partial charge is 0.357 e. The molecule has 160 valence electrons. The van der Waals surface area contributed by atoms with Crippen molar-refractivity contribution in [3.63, 3.8) is 0 Å². The third-order valence-corrected chi connectivity index (χ3v) is 5.32. The first-order valence-electron chi connectivity index (χ1n) is 10.7. The molecule has 7 nitrogen and oxygen atoms in total. The zero-order chi connectivity index (χ0) is 21.5. The summed E-state index contributed by atoms with van der Waals surface area (Å²) < 4.78 is 1.84. The molecule has 0 unspecified atom stereocenters. The normalized spacial score (nSPS) is 13.2. The average Bonchev–Trinajstić information content (AvgIpc) is 3.48. The summed E-state index contributed by atoms with van der Waals surface area (Å²) in [7, 11) is 0. The summed E-state index contributed by atoms with van der Waals surface area (Å²) in [5.41, 5.74) is 4.50. The number of benzene rings is 2. The van der Waals surface area contributed by atoms with Crippen LogP contribution in [0.15, 0.2) is 72.0 Å². The molecule has 2 N–H and O–H groups in total. The van der Waals surface area contributed by atoms with Gasteiger partial charge in [-0.1, -0.05) is 30.3 Å². The number of hydrogen-bond donors (Lipinski definition) is 2. The molecule has 4 rings (SSSR count). The van der Waals surface area contributed by atoms with Crippen molar-refractivity contribution in [3.05, 3.63) is 78.1 Å². The first kappa shape index (κ1) is 20.7. The second-order valence-electron chi connectivity index (χ2n) is 7.41. The van der Waals surface area contributed by atoms with Crippen molar-refractivity contribution in [1.29, 1.82) is 0 Å². The highest BCUT2D eigenvalue weighted by Crippen LogP contribution is 2.27. The number of hydrogen-bond acceptors (Lipinski definition) is 3. The Kier molecular flexibility index (Phi) is 6.62. The van der Waals surface area contributed by atoms with Crippen molar-refractivity contribution in [2.75, 3.05) is 31.1 Å². The van der Waals surface area contributed by atoms with Gasteiger partial charge in [-0.25, -0.2) is 9.67 Å². The number of anilines is 1. The van der Waals surface area contributed by atoms with E-state index in [4.69, 9.17) is 0 Å². The van der Waals surface area contributed by atoms with Crippen LogP contribution in [0.1, 0.15) is 18.1 Å². The minimum absolute atomic E-state index is 0.0244. The Balaban J connectivity index is 1.29. The minimum Gasteiger partial charge on any atom is -0.357 e. The lowest BCUT2D eigenvalue weighted by molar-refractivity contribution is -0.117. The van der Waals surface area contributed by atoms with Gasteiger partial charge in [0.2, 0.25) is 5.91 Å². The zero-order valence-corrected chi connectivity index (χ0v) is 17.8. The van der Waals surface area contributed by atoms with E-state index in [2.05, 4.69) is 51.1 Å². The molecule has 0 saturated carbocycles. The van der Waals surface area contributed by atoms with Crippen LogP contribution in [0.5, 0.6) is 0 Å². The Morgan fingerprint density at radius 3 is 2.71 bits per heavy atom. The Labute approximate surface area is 182 Å². The smallest absolute Gasteiger partial charge is 0.248 e. The van der Waals surface area contributed by atoms with Crippen LogP contribution in [0, 0.1) is 0 Å². The fraction of sp³-hybridized carbons (Fsp3) is 0.292. The second-order valence-corrected chi connectivity index (χ2v) is 7.41. The van der Waals surface area contributed by atoms with Gasteiger partial charge in [0.25, 0.3) is 0 Å². The Bertz CT molecular complexity index is 1030. The number of nitrogens with zero attached hydrogens (tertiary/aromatic N) is 4. The molecule has 0 atom stereocenters. The molecule has 0 radical (unpaired) electrons. The third-order valence-electron chi connectivity index (χ3n) is 5.32. The number of amides is 1.